The van der Waals surface area contributed by atoms with Crippen molar-refractivity contribution in [2.75, 3.05) is 0 Å². The van der Waals surface area contributed by atoms with Gasteiger partial charge >= 0.3 is 0 Å². The number of benzene rings is 7. The average Bonchev–Trinajstić information content (AvgIpc) is 3.52. The molecule has 0 radical (unpaired) electrons. The van der Waals surface area contributed by atoms with Gasteiger partial charge in [-0.1, -0.05) is 121 Å². The van der Waals surface area contributed by atoms with E-state index in [2.05, 4.69) is 4.98 Å². The van der Waals surface area contributed by atoms with Crippen LogP contribution < -0.4 is 0 Å². The molecular formula is C38H26N2. The fraction of sp³-hybridized carbons (Fsp3) is 0.0263. The normalized spacial score (nSPS) is 15.5. The van der Waals surface area contributed by atoms with Gasteiger partial charge in [-0.15, -0.1) is 0 Å². The SMILES string of the molecule is [2H]c1c([2H])c([2H])c2c(-c3c4ccccc4c(-c4ccccc4-n4c(C([2H])([2H])[2H])nc5ccccc54)c4ccccc34)c([2H])c([2H])c([2H])c2c1[2H]. The Morgan fingerprint density at radius 2 is 1.18 bits per heavy atom. The quantitative estimate of drug-likeness (QED) is 0.212. The third kappa shape index (κ3) is 3.33. The molecule has 0 aliphatic rings. The Balaban J connectivity index is 1.57. The Labute approximate surface area is 246 Å². The molecule has 40 heavy (non-hydrogen) atoms. The van der Waals surface area contributed by atoms with Crippen LogP contribution >= 0.6 is 0 Å². The molecule has 8 aromatic rings. The van der Waals surface area contributed by atoms with Gasteiger partial charge in [0.15, 0.2) is 0 Å². The van der Waals surface area contributed by atoms with Gasteiger partial charge in [0.05, 0.1) is 26.3 Å². The van der Waals surface area contributed by atoms with Crippen molar-refractivity contribution in [1.82, 2.24) is 9.55 Å². The largest absolute Gasteiger partial charge is 0.296 e. The Morgan fingerprint density at radius 1 is 0.575 bits per heavy atom. The van der Waals surface area contributed by atoms with E-state index in [0.29, 0.717) is 33.1 Å². The van der Waals surface area contributed by atoms with Crippen molar-refractivity contribution >= 4 is 43.4 Å². The number of rotatable bonds is 3. The maximum Gasteiger partial charge on any atom is 0.111 e. The van der Waals surface area contributed by atoms with Gasteiger partial charge in [-0.05, 0) is 74.1 Å². The Hall–Kier alpha value is -5.21. The molecule has 0 aliphatic carbocycles. The number of para-hydroxylation sites is 3. The summed E-state index contributed by atoms with van der Waals surface area (Å²) in [6, 6.07) is 26.8. The van der Waals surface area contributed by atoms with Gasteiger partial charge < -0.3 is 0 Å². The second-order valence-electron chi connectivity index (χ2n) is 9.62. The maximum atomic E-state index is 9.18. The molecule has 0 unspecified atom stereocenters. The molecule has 0 atom stereocenters. The molecule has 1 aromatic heterocycles. The lowest BCUT2D eigenvalue weighted by Gasteiger charge is -2.21. The summed E-state index contributed by atoms with van der Waals surface area (Å²) in [6.07, 6.45) is 0. The number of imidazole rings is 1. The van der Waals surface area contributed by atoms with E-state index in [0.717, 1.165) is 21.9 Å². The first-order valence-corrected chi connectivity index (χ1v) is 12.9. The molecule has 0 fully saturated rings. The van der Waals surface area contributed by atoms with Crippen molar-refractivity contribution < 1.29 is 13.7 Å². The highest BCUT2D eigenvalue weighted by atomic mass is 15.1. The third-order valence-electron chi connectivity index (χ3n) is 7.47. The van der Waals surface area contributed by atoms with Crippen molar-refractivity contribution in [2.24, 2.45) is 0 Å². The van der Waals surface area contributed by atoms with Gasteiger partial charge in [0.2, 0.25) is 0 Å². The summed E-state index contributed by atoms with van der Waals surface area (Å²) in [6.45, 7) is -2.52. The third-order valence-corrected chi connectivity index (χ3v) is 7.47. The highest BCUT2D eigenvalue weighted by molar-refractivity contribution is 6.24. The Kier molecular flexibility index (Phi) is 3.31. The number of hydrogen-bond acceptors (Lipinski definition) is 1. The van der Waals surface area contributed by atoms with Gasteiger partial charge in [-0.2, -0.15) is 0 Å². The topological polar surface area (TPSA) is 17.8 Å². The molecule has 7 aromatic carbocycles. The van der Waals surface area contributed by atoms with E-state index >= 15 is 0 Å². The number of aryl methyl sites for hydroxylation is 1. The smallest absolute Gasteiger partial charge is 0.111 e. The molecule has 0 saturated carbocycles. The summed E-state index contributed by atoms with van der Waals surface area (Å²) >= 11 is 0. The van der Waals surface area contributed by atoms with Crippen LogP contribution in [-0.4, -0.2) is 9.55 Å². The average molecular weight is 521 g/mol. The van der Waals surface area contributed by atoms with Crippen LogP contribution in [0.2, 0.25) is 0 Å². The minimum Gasteiger partial charge on any atom is -0.296 e. The van der Waals surface area contributed by atoms with E-state index < -0.39 is 37.1 Å². The van der Waals surface area contributed by atoms with E-state index in [4.69, 9.17) is 12.3 Å². The molecule has 0 spiro atoms. The summed E-state index contributed by atoms with van der Waals surface area (Å²) in [5, 5.41) is 2.69. The molecule has 0 bridgehead atoms. The highest BCUT2D eigenvalue weighted by Crippen LogP contribution is 2.46. The zero-order valence-electron chi connectivity index (χ0n) is 31.1. The van der Waals surface area contributed by atoms with E-state index in [1.807, 2.05) is 91.0 Å². The number of fused-ring (bicyclic) bond motifs is 4. The summed E-state index contributed by atoms with van der Waals surface area (Å²) in [7, 11) is 0. The second kappa shape index (κ2) is 8.93. The lowest BCUT2D eigenvalue weighted by molar-refractivity contribution is 1.00. The minimum atomic E-state index is -2.52. The Morgan fingerprint density at radius 3 is 1.93 bits per heavy atom. The summed E-state index contributed by atoms with van der Waals surface area (Å²) in [5.41, 5.74) is 3.93. The zero-order chi connectivity index (χ0) is 35.2. The number of hydrogen-bond donors (Lipinski definition) is 0. The first kappa shape index (κ1) is 14.8. The van der Waals surface area contributed by atoms with Gasteiger partial charge in [0.1, 0.15) is 5.82 Å². The maximum absolute atomic E-state index is 9.18. The zero-order valence-corrected chi connectivity index (χ0v) is 21.1. The molecule has 0 amide bonds. The number of nitrogens with zero attached hydrogens (tertiary/aromatic N) is 2. The van der Waals surface area contributed by atoms with Crippen molar-refractivity contribution in [3.63, 3.8) is 0 Å². The van der Waals surface area contributed by atoms with Crippen LogP contribution in [0.4, 0.5) is 0 Å². The van der Waals surface area contributed by atoms with Gasteiger partial charge in [-0.25, -0.2) is 4.98 Å². The van der Waals surface area contributed by atoms with Crippen molar-refractivity contribution in [1.29, 1.82) is 0 Å². The molecule has 1 heterocycles. The van der Waals surface area contributed by atoms with E-state index in [9.17, 15) is 1.37 Å². The van der Waals surface area contributed by atoms with Crippen molar-refractivity contribution in [3.8, 4) is 27.9 Å². The van der Waals surface area contributed by atoms with Crippen LogP contribution in [0.5, 0.6) is 0 Å². The summed E-state index contributed by atoms with van der Waals surface area (Å²) in [4.78, 5) is 4.54. The van der Waals surface area contributed by atoms with E-state index in [1.165, 1.54) is 0 Å². The summed E-state index contributed by atoms with van der Waals surface area (Å²) < 4.78 is 87.9. The van der Waals surface area contributed by atoms with E-state index in [-0.39, 0.29) is 34.2 Å². The van der Waals surface area contributed by atoms with Crippen molar-refractivity contribution in [2.45, 2.75) is 6.85 Å². The predicted molar refractivity (Wildman–Crippen MR) is 169 cm³/mol. The van der Waals surface area contributed by atoms with Gasteiger partial charge in [-0.3, -0.25) is 4.57 Å². The molecule has 2 nitrogen and oxygen atoms in total. The van der Waals surface area contributed by atoms with Crippen LogP contribution in [0.3, 0.4) is 0 Å². The summed E-state index contributed by atoms with van der Waals surface area (Å²) in [5.74, 6) is -0.0747. The second-order valence-corrected chi connectivity index (χ2v) is 9.62. The Bertz CT molecular complexity index is 2660. The van der Waals surface area contributed by atoms with Crippen LogP contribution in [0.15, 0.2) is 139 Å². The highest BCUT2D eigenvalue weighted by Gasteiger charge is 2.20. The lowest BCUT2D eigenvalue weighted by Crippen LogP contribution is -2.00. The lowest BCUT2D eigenvalue weighted by atomic mass is 9.84. The van der Waals surface area contributed by atoms with Crippen LogP contribution in [0.25, 0.3) is 71.3 Å². The van der Waals surface area contributed by atoms with Crippen molar-refractivity contribution in [3.05, 3.63) is 145 Å². The first-order valence-electron chi connectivity index (χ1n) is 17.9. The molecular weight excluding hydrogens is 484 g/mol. The molecule has 2 heteroatoms. The molecule has 0 N–H and O–H groups in total. The standard InChI is InChI=1S/C38H26N2/c1-25-39-34-22-9-11-24-36(34)40(25)35-23-10-8-20-33(35)38-31-18-6-4-16-29(31)37(30-17-5-7-19-32(30)38)28-21-12-14-26-13-2-3-15-27(26)28/h2-24H,1H3/i1D3,2D,3D,12D,13D,14D,15D,21D. The molecule has 8 rings (SSSR count). The fourth-order valence-electron chi connectivity index (χ4n) is 5.84. The molecule has 188 valence electrons. The van der Waals surface area contributed by atoms with E-state index in [1.54, 1.807) is 10.6 Å². The predicted octanol–water partition coefficient (Wildman–Crippen LogP) is 10.1. The van der Waals surface area contributed by atoms with Crippen LogP contribution in [0.1, 0.15) is 19.5 Å². The monoisotopic (exact) mass is 520 g/mol. The van der Waals surface area contributed by atoms with Gasteiger partial charge in [0.25, 0.3) is 0 Å². The van der Waals surface area contributed by atoms with Crippen LogP contribution in [0, 0.1) is 6.85 Å². The molecule has 0 saturated heterocycles. The molecule has 0 aliphatic heterocycles. The number of aromatic nitrogens is 2. The fourth-order valence-corrected chi connectivity index (χ4v) is 5.84. The first-order chi connectivity index (χ1) is 23.9. The van der Waals surface area contributed by atoms with Crippen LogP contribution in [-0.2, 0) is 0 Å². The minimum absolute atomic E-state index is 0.0117. The van der Waals surface area contributed by atoms with Gasteiger partial charge in [0, 0.05) is 9.68 Å².